The number of hydrogen-bond acceptors (Lipinski definition) is 2. The van der Waals surface area contributed by atoms with Crippen molar-refractivity contribution >= 4 is 17.6 Å². The molecule has 0 heterocycles. The molecule has 5 nitrogen and oxygen atoms in total. The van der Waals surface area contributed by atoms with E-state index in [0.29, 0.717) is 5.69 Å². The standard InChI is InChI=1S/C19H22FN3O2/c1-13(2)17(23-19(25)22-16-6-4-3-5-7-16)18(24)21-12-14-8-10-15(20)11-9-14/h3-11,13,17H,12H2,1-2H3,(H,21,24)(H2,22,23,25)/t17-/m1/s1. The van der Waals surface area contributed by atoms with E-state index in [0.717, 1.165) is 5.56 Å². The molecular weight excluding hydrogens is 321 g/mol. The van der Waals surface area contributed by atoms with Crippen molar-refractivity contribution in [3.8, 4) is 0 Å². The highest BCUT2D eigenvalue weighted by Crippen LogP contribution is 2.07. The van der Waals surface area contributed by atoms with Gasteiger partial charge in [0.2, 0.25) is 5.91 Å². The van der Waals surface area contributed by atoms with Gasteiger partial charge in [-0.15, -0.1) is 0 Å². The Bertz CT molecular complexity index is 702. The largest absolute Gasteiger partial charge is 0.350 e. The second kappa shape index (κ2) is 8.82. The van der Waals surface area contributed by atoms with Crippen molar-refractivity contribution in [2.45, 2.75) is 26.4 Å². The molecule has 0 radical (unpaired) electrons. The minimum atomic E-state index is -0.677. The molecule has 0 saturated carbocycles. The minimum Gasteiger partial charge on any atom is -0.350 e. The molecule has 3 amide bonds. The highest BCUT2D eigenvalue weighted by molar-refractivity contribution is 5.93. The first-order valence-electron chi connectivity index (χ1n) is 8.10. The van der Waals surface area contributed by atoms with Crippen molar-refractivity contribution in [2.24, 2.45) is 5.92 Å². The fourth-order valence-corrected chi connectivity index (χ4v) is 2.27. The summed E-state index contributed by atoms with van der Waals surface area (Å²) in [5.74, 6) is -0.702. The third kappa shape index (κ3) is 5.91. The topological polar surface area (TPSA) is 70.2 Å². The minimum absolute atomic E-state index is 0.0882. The lowest BCUT2D eigenvalue weighted by molar-refractivity contribution is -0.124. The maximum Gasteiger partial charge on any atom is 0.319 e. The van der Waals surface area contributed by atoms with E-state index >= 15 is 0 Å². The summed E-state index contributed by atoms with van der Waals surface area (Å²) in [6, 6.07) is 13.8. The summed E-state index contributed by atoms with van der Waals surface area (Å²) in [7, 11) is 0. The van der Waals surface area contributed by atoms with Crippen molar-refractivity contribution in [2.75, 3.05) is 5.32 Å². The molecule has 0 spiro atoms. The van der Waals surface area contributed by atoms with Crippen molar-refractivity contribution < 1.29 is 14.0 Å². The highest BCUT2D eigenvalue weighted by Gasteiger charge is 2.23. The van der Waals surface area contributed by atoms with E-state index in [9.17, 15) is 14.0 Å². The van der Waals surface area contributed by atoms with Gasteiger partial charge in [-0.2, -0.15) is 0 Å². The van der Waals surface area contributed by atoms with Gasteiger partial charge in [0.15, 0.2) is 0 Å². The third-order valence-corrected chi connectivity index (χ3v) is 3.65. The molecular formula is C19H22FN3O2. The molecule has 0 unspecified atom stereocenters. The molecule has 0 fully saturated rings. The molecule has 2 aromatic rings. The molecule has 25 heavy (non-hydrogen) atoms. The van der Waals surface area contributed by atoms with Gasteiger partial charge in [0, 0.05) is 12.2 Å². The van der Waals surface area contributed by atoms with Gasteiger partial charge in [-0.25, -0.2) is 9.18 Å². The normalized spacial score (nSPS) is 11.7. The van der Waals surface area contributed by atoms with Crippen molar-refractivity contribution in [1.82, 2.24) is 10.6 Å². The number of para-hydroxylation sites is 1. The maximum absolute atomic E-state index is 12.9. The number of amides is 3. The van der Waals surface area contributed by atoms with Crippen LogP contribution in [0.15, 0.2) is 54.6 Å². The monoisotopic (exact) mass is 343 g/mol. The van der Waals surface area contributed by atoms with Gasteiger partial charge in [-0.1, -0.05) is 44.2 Å². The van der Waals surface area contributed by atoms with E-state index in [1.807, 2.05) is 32.0 Å². The zero-order valence-corrected chi connectivity index (χ0v) is 14.3. The number of benzene rings is 2. The Hall–Kier alpha value is -2.89. The predicted octanol–water partition coefficient (Wildman–Crippen LogP) is 3.29. The molecule has 1 atom stereocenters. The van der Waals surface area contributed by atoms with Crippen molar-refractivity contribution in [3.63, 3.8) is 0 Å². The summed E-state index contributed by atoms with van der Waals surface area (Å²) < 4.78 is 12.9. The van der Waals surface area contributed by atoms with Crippen LogP contribution in [0.2, 0.25) is 0 Å². The van der Waals surface area contributed by atoms with E-state index in [1.165, 1.54) is 12.1 Å². The zero-order valence-electron chi connectivity index (χ0n) is 14.3. The fourth-order valence-electron chi connectivity index (χ4n) is 2.27. The summed E-state index contributed by atoms with van der Waals surface area (Å²) in [6.07, 6.45) is 0. The van der Waals surface area contributed by atoms with Gasteiger partial charge < -0.3 is 16.0 Å². The average Bonchev–Trinajstić information content (AvgIpc) is 2.59. The maximum atomic E-state index is 12.9. The summed E-state index contributed by atoms with van der Waals surface area (Å²) in [5.41, 5.74) is 1.43. The summed E-state index contributed by atoms with van der Waals surface area (Å²) in [6.45, 7) is 3.97. The van der Waals surface area contributed by atoms with E-state index < -0.39 is 12.1 Å². The lowest BCUT2D eigenvalue weighted by Gasteiger charge is -2.22. The average molecular weight is 343 g/mol. The Morgan fingerprint density at radius 3 is 2.24 bits per heavy atom. The van der Waals surface area contributed by atoms with Gasteiger partial charge in [0.25, 0.3) is 0 Å². The van der Waals surface area contributed by atoms with E-state index in [1.54, 1.807) is 24.3 Å². The lowest BCUT2D eigenvalue weighted by Crippen LogP contribution is -2.50. The Balaban J connectivity index is 1.91. The molecule has 0 aliphatic heterocycles. The highest BCUT2D eigenvalue weighted by atomic mass is 19.1. The number of hydrogen-bond donors (Lipinski definition) is 3. The van der Waals surface area contributed by atoms with Crippen LogP contribution in [0.1, 0.15) is 19.4 Å². The molecule has 0 aliphatic carbocycles. The zero-order chi connectivity index (χ0) is 18.2. The van der Waals surface area contributed by atoms with E-state index in [4.69, 9.17) is 0 Å². The number of anilines is 1. The van der Waals surface area contributed by atoms with Crippen LogP contribution < -0.4 is 16.0 Å². The number of nitrogens with one attached hydrogen (secondary N) is 3. The van der Waals surface area contributed by atoms with Gasteiger partial charge in [0.05, 0.1) is 0 Å². The number of carbonyl (C=O) groups excluding carboxylic acids is 2. The Labute approximate surface area is 146 Å². The Morgan fingerprint density at radius 2 is 1.64 bits per heavy atom. The van der Waals surface area contributed by atoms with Crippen molar-refractivity contribution in [3.05, 3.63) is 66.0 Å². The SMILES string of the molecule is CC(C)[C@@H](NC(=O)Nc1ccccc1)C(=O)NCc1ccc(F)cc1. The van der Waals surface area contributed by atoms with Crippen molar-refractivity contribution in [1.29, 1.82) is 0 Å². The van der Waals surface area contributed by atoms with Crippen LogP contribution >= 0.6 is 0 Å². The fraction of sp³-hybridized carbons (Fsp3) is 0.263. The molecule has 2 rings (SSSR count). The summed E-state index contributed by atoms with van der Waals surface area (Å²) >= 11 is 0. The van der Waals surface area contributed by atoms with Crippen LogP contribution in [-0.2, 0) is 11.3 Å². The second-order valence-electron chi connectivity index (χ2n) is 6.03. The molecule has 3 N–H and O–H groups in total. The van der Waals surface area contributed by atoms with E-state index in [-0.39, 0.29) is 24.2 Å². The third-order valence-electron chi connectivity index (χ3n) is 3.65. The predicted molar refractivity (Wildman–Crippen MR) is 95.5 cm³/mol. The molecule has 132 valence electrons. The van der Waals surface area contributed by atoms with Crippen LogP contribution in [0.25, 0.3) is 0 Å². The van der Waals surface area contributed by atoms with Gasteiger partial charge in [-0.3, -0.25) is 4.79 Å². The first-order chi connectivity index (χ1) is 12.0. The first-order valence-corrected chi connectivity index (χ1v) is 8.10. The second-order valence-corrected chi connectivity index (χ2v) is 6.03. The van der Waals surface area contributed by atoms with Crippen LogP contribution in [0.3, 0.4) is 0 Å². The first kappa shape index (κ1) is 18.4. The summed E-state index contributed by atoms with van der Waals surface area (Å²) in [4.78, 5) is 24.5. The molecule has 0 aliphatic rings. The van der Waals surface area contributed by atoms with Gasteiger partial charge >= 0.3 is 6.03 Å². The Kier molecular flexibility index (Phi) is 6.51. The van der Waals surface area contributed by atoms with Crippen LogP contribution in [0, 0.1) is 11.7 Å². The lowest BCUT2D eigenvalue weighted by atomic mass is 10.0. The number of carbonyl (C=O) groups is 2. The quantitative estimate of drug-likeness (QED) is 0.753. The number of urea groups is 1. The smallest absolute Gasteiger partial charge is 0.319 e. The molecule has 0 aromatic heterocycles. The molecule has 2 aromatic carbocycles. The number of rotatable bonds is 6. The number of halogens is 1. The molecule has 0 bridgehead atoms. The molecule has 0 saturated heterocycles. The molecule has 6 heteroatoms. The van der Waals surface area contributed by atoms with Gasteiger partial charge in [0.1, 0.15) is 11.9 Å². The van der Waals surface area contributed by atoms with Gasteiger partial charge in [-0.05, 0) is 35.7 Å². The van der Waals surface area contributed by atoms with Crippen LogP contribution in [-0.4, -0.2) is 18.0 Å². The Morgan fingerprint density at radius 1 is 1.00 bits per heavy atom. The van der Waals surface area contributed by atoms with Crippen LogP contribution in [0.5, 0.6) is 0 Å². The van der Waals surface area contributed by atoms with E-state index in [2.05, 4.69) is 16.0 Å². The summed E-state index contributed by atoms with van der Waals surface area (Å²) in [5, 5.41) is 8.14. The van der Waals surface area contributed by atoms with Crippen LogP contribution in [0.4, 0.5) is 14.9 Å².